The average Bonchev–Trinajstić information content (AvgIpc) is 3.14. The van der Waals surface area contributed by atoms with Crippen LogP contribution in [0.5, 0.6) is 0 Å². The van der Waals surface area contributed by atoms with E-state index in [1.165, 1.54) is 0 Å². The predicted octanol–water partition coefficient (Wildman–Crippen LogP) is 3.66. The van der Waals surface area contributed by atoms with Crippen molar-refractivity contribution >= 4 is 28.9 Å². The summed E-state index contributed by atoms with van der Waals surface area (Å²) in [4.78, 5) is 18.4. The molecule has 8 heteroatoms. The minimum atomic E-state index is 0.719. The van der Waals surface area contributed by atoms with Gasteiger partial charge in [0.1, 0.15) is 5.65 Å². The topological polar surface area (TPSA) is 75.6 Å². The van der Waals surface area contributed by atoms with Gasteiger partial charge in [-0.25, -0.2) is 15.0 Å². The van der Waals surface area contributed by atoms with Gasteiger partial charge in [0.15, 0.2) is 0 Å². The fourth-order valence-corrected chi connectivity index (χ4v) is 4.17. The van der Waals surface area contributed by atoms with Crippen LogP contribution in [-0.2, 0) is 6.54 Å². The van der Waals surface area contributed by atoms with Crippen molar-refractivity contribution in [3.05, 3.63) is 71.3 Å². The van der Waals surface area contributed by atoms with Gasteiger partial charge in [-0.3, -0.25) is 4.90 Å². The summed E-state index contributed by atoms with van der Waals surface area (Å²) in [5.74, 6) is 0.794. The van der Waals surface area contributed by atoms with Gasteiger partial charge in [0.25, 0.3) is 0 Å². The molecule has 1 aliphatic heterocycles. The predicted molar refractivity (Wildman–Crippen MR) is 124 cm³/mol. The third-order valence-corrected chi connectivity index (χ3v) is 6.18. The Bertz CT molecular complexity index is 1210. The highest BCUT2D eigenvalue weighted by Crippen LogP contribution is 2.29. The number of halogens is 1. The van der Waals surface area contributed by atoms with Crippen LogP contribution in [0, 0.1) is 6.92 Å². The lowest BCUT2D eigenvalue weighted by molar-refractivity contribution is 0.246. The first-order valence-electron chi connectivity index (χ1n) is 10.4. The molecule has 158 valence electrons. The lowest BCUT2D eigenvalue weighted by atomic mass is 10.1. The van der Waals surface area contributed by atoms with E-state index in [1.807, 2.05) is 43.5 Å². The maximum Gasteiger partial charge on any atom is 0.225 e. The molecular formula is C23H24ClN7. The van der Waals surface area contributed by atoms with Crippen molar-refractivity contribution in [3.8, 4) is 11.3 Å². The Hall–Kier alpha value is -3.16. The van der Waals surface area contributed by atoms with Crippen LogP contribution in [0.1, 0.15) is 11.3 Å². The van der Waals surface area contributed by atoms with Crippen LogP contribution in [-0.4, -0.2) is 50.4 Å². The fraction of sp³-hybridized carbons (Fsp3) is 0.261. The van der Waals surface area contributed by atoms with Gasteiger partial charge in [0, 0.05) is 67.6 Å². The van der Waals surface area contributed by atoms with Gasteiger partial charge in [-0.2, -0.15) is 0 Å². The van der Waals surface area contributed by atoms with E-state index >= 15 is 0 Å². The maximum atomic E-state index is 6.26. The van der Waals surface area contributed by atoms with E-state index in [1.54, 1.807) is 12.4 Å². The van der Waals surface area contributed by atoms with E-state index in [9.17, 15) is 0 Å². The van der Waals surface area contributed by atoms with Crippen molar-refractivity contribution in [3.63, 3.8) is 0 Å². The molecule has 2 N–H and O–H groups in total. The SMILES string of the molecule is Cc1cc(-c2nc3ccc(N)cn3c2CN2CCN(c3ncccn3)CC2)ccc1Cl. The first kappa shape index (κ1) is 19.8. The Balaban J connectivity index is 1.45. The number of nitrogen functional groups attached to an aromatic ring is 1. The van der Waals surface area contributed by atoms with Crippen molar-refractivity contribution in [2.45, 2.75) is 13.5 Å². The second-order valence-corrected chi connectivity index (χ2v) is 8.28. The number of anilines is 2. The van der Waals surface area contributed by atoms with Crippen LogP contribution in [0.25, 0.3) is 16.9 Å². The van der Waals surface area contributed by atoms with Crippen LogP contribution in [0.3, 0.4) is 0 Å². The molecule has 0 bridgehead atoms. The molecule has 7 nitrogen and oxygen atoms in total. The van der Waals surface area contributed by atoms with Crippen LogP contribution in [0.15, 0.2) is 55.0 Å². The number of rotatable bonds is 4. The number of imidazole rings is 1. The number of benzene rings is 1. The number of fused-ring (bicyclic) bond motifs is 1. The van der Waals surface area contributed by atoms with Crippen LogP contribution < -0.4 is 10.6 Å². The van der Waals surface area contributed by atoms with Gasteiger partial charge in [-0.15, -0.1) is 0 Å². The summed E-state index contributed by atoms with van der Waals surface area (Å²) in [5, 5.41) is 0.762. The Labute approximate surface area is 186 Å². The van der Waals surface area contributed by atoms with E-state index in [0.29, 0.717) is 0 Å². The molecule has 4 aromatic rings. The monoisotopic (exact) mass is 433 g/mol. The molecule has 1 aromatic carbocycles. The van der Waals surface area contributed by atoms with Gasteiger partial charge < -0.3 is 15.0 Å². The zero-order valence-corrected chi connectivity index (χ0v) is 18.1. The first-order chi connectivity index (χ1) is 15.1. The lowest BCUT2D eigenvalue weighted by Crippen LogP contribution is -2.46. The third-order valence-electron chi connectivity index (χ3n) is 5.75. The van der Waals surface area contributed by atoms with Gasteiger partial charge >= 0.3 is 0 Å². The average molecular weight is 434 g/mol. The molecular weight excluding hydrogens is 410 g/mol. The molecule has 0 unspecified atom stereocenters. The largest absolute Gasteiger partial charge is 0.398 e. The number of nitrogens with zero attached hydrogens (tertiary/aromatic N) is 6. The molecule has 0 aliphatic carbocycles. The van der Waals surface area contributed by atoms with Crippen LogP contribution >= 0.6 is 11.6 Å². The lowest BCUT2D eigenvalue weighted by Gasteiger charge is -2.34. The van der Waals surface area contributed by atoms with Crippen LogP contribution in [0.4, 0.5) is 11.6 Å². The quantitative estimate of drug-likeness (QED) is 0.529. The van der Waals surface area contributed by atoms with Crippen LogP contribution in [0.2, 0.25) is 5.02 Å². The highest BCUT2D eigenvalue weighted by atomic mass is 35.5. The second-order valence-electron chi connectivity index (χ2n) is 7.87. The number of aromatic nitrogens is 4. The Morgan fingerprint density at radius 3 is 2.55 bits per heavy atom. The zero-order chi connectivity index (χ0) is 21.4. The maximum absolute atomic E-state index is 6.26. The molecule has 3 aromatic heterocycles. The number of hydrogen-bond donors (Lipinski definition) is 1. The highest BCUT2D eigenvalue weighted by molar-refractivity contribution is 6.31. The molecule has 1 fully saturated rings. The molecule has 0 atom stereocenters. The summed E-state index contributed by atoms with van der Waals surface area (Å²) in [7, 11) is 0. The third kappa shape index (κ3) is 3.94. The Morgan fingerprint density at radius 1 is 1.03 bits per heavy atom. The zero-order valence-electron chi connectivity index (χ0n) is 17.4. The van der Waals surface area contributed by atoms with Crippen molar-refractivity contribution in [2.75, 3.05) is 36.8 Å². The number of hydrogen-bond acceptors (Lipinski definition) is 6. The van der Waals surface area contributed by atoms with Crippen molar-refractivity contribution in [1.29, 1.82) is 0 Å². The number of nitrogens with two attached hydrogens (primary N) is 1. The normalized spacial score (nSPS) is 15.0. The Kier molecular flexibility index (Phi) is 5.21. The molecule has 4 heterocycles. The van der Waals surface area contributed by atoms with Crippen molar-refractivity contribution in [2.24, 2.45) is 0 Å². The van der Waals surface area contributed by atoms with Crippen molar-refractivity contribution < 1.29 is 0 Å². The molecule has 0 spiro atoms. The van der Waals surface area contributed by atoms with E-state index in [-0.39, 0.29) is 0 Å². The molecule has 0 radical (unpaired) electrons. The summed E-state index contributed by atoms with van der Waals surface area (Å²) in [6, 6.07) is 11.8. The molecule has 31 heavy (non-hydrogen) atoms. The summed E-state index contributed by atoms with van der Waals surface area (Å²) >= 11 is 6.26. The molecule has 5 rings (SSSR count). The minimum Gasteiger partial charge on any atom is -0.398 e. The van der Waals surface area contributed by atoms with Gasteiger partial charge in [-0.1, -0.05) is 17.7 Å². The second kappa shape index (κ2) is 8.17. The Morgan fingerprint density at radius 2 is 1.81 bits per heavy atom. The summed E-state index contributed by atoms with van der Waals surface area (Å²) in [6.07, 6.45) is 5.54. The van der Waals surface area contributed by atoms with Gasteiger partial charge in [-0.05, 0) is 42.8 Å². The van der Waals surface area contributed by atoms with E-state index in [4.69, 9.17) is 22.3 Å². The standard InChI is InChI=1S/C23H24ClN7/c1-16-13-17(3-5-19(16)24)22-20(31-14-18(25)4-6-21(31)28-22)15-29-9-11-30(12-10-29)23-26-7-2-8-27-23/h2-8,13-14H,9-12,15,25H2,1H3. The van der Waals surface area contributed by atoms with E-state index < -0.39 is 0 Å². The minimum absolute atomic E-state index is 0.719. The van der Waals surface area contributed by atoms with Gasteiger partial charge in [0.2, 0.25) is 5.95 Å². The molecule has 0 saturated carbocycles. The fourth-order valence-electron chi connectivity index (χ4n) is 4.06. The van der Waals surface area contributed by atoms with Gasteiger partial charge in [0.05, 0.1) is 11.4 Å². The summed E-state index contributed by atoms with van der Waals surface area (Å²) in [6.45, 7) is 6.42. The van der Waals surface area contributed by atoms with E-state index in [0.717, 1.165) is 77.5 Å². The van der Waals surface area contributed by atoms with E-state index in [2.05, 4.69) is 30.2 Å². The number of piperazine rings is 1. The summed E-state index contributed by atoms with van der Waals surface area (Å²) < 4.78 is 2.11. The number of aryl methyl sites for hydroxylation is 1. The number of pyridine rings is 1. The smallest absolute Gasteiger partial charge is 0.225 e. The molecule has 1 aliphatic rings. The van der Waals surface area contributed by atoms with Crippen molar-refractivity contribution in [1.82, 2.24) is 24.3 Å². The summed E-state index contributed by atoms with van der Waals surface area (Å²) in [5.41, 5.74) is 11.9. The molecule has 0 amide bonds. The highest BCUT2D eigenvalue weighted by Gasteiger charge is 2.22. The first-order valence-corrected chi connectivity index (χ1v) is 10.7. The molecule has 1 saturated heterocycles.